The van der Waals surface area contributed by atoms with Gasteiger partial charge in [0.25, 0.3) is 0 Å². The number of Topliss-reactive ketones (excluding diaryl/α,β-unsaturated/α-hetero) is 1. The maximum absolute atomic E-state index is 11.9. The predicted octanol–water partition coefficient (Wildman–Crippen LogP) is 2.43. The molecule has 0 aromatic heterocycles. The van der Waals surface area contributed by atoms with Gasteiger partial charge in [-0.3, -0.25) is 4.79 Å². The zero-order valence-electron chi connectivity index (χ0n) is 9.89. The molecular formula is C12H16N2O3. The number of nitrogens with zero attached hydrogens (tertiary/aromatic N) is 2. The number of hydrogen-bond donors (Lipinski definition) is 0. The first-order valence-electron chi connectivity index (χ1n) is 5.99. The summed E-state index contributed by atoms with van der Waals surface area (Å²) < 4.78 is 0. The Hall–Kier alpha value is -1.65. The van der Waals surface area contributed by atoms with Crippen LogP contribution in [-0.2, 0) is 4.79 Å². The van der Waals surface area contributed by atoms with Gasteiger partial charge >= 0.3 is 0 Å². The van der Waals surface area contributed by atoms with Gasteiger partial charge in [-0.05, 0) is 25.2 Å². The molecule has 0 aromatic carbocycles. The summed E-state index contributed by atoms with van der Waals surface area (Å²) in [5.74, 6) is 0.348. The normalized spacial score (nSPS) is 23.9. The Labute approximate surface area is 99.9 Å². The third-order valence-corrected chi connectivity index (χ3v) is 3.36. The lowest BCUT2D eigenvalue weighted by atomic mass is 9.81. The van der Waals surface area contributed by atoms with Crippen molar-refractivity contribution in [3.05, 3.63) is 33.7 Å². The number of rotatable bonds is 3. The summed E-state index contributed by atoms with van der Waals surface area (Å²) in [4.78, 5) is 22.9. The molecule has 0 N–H and O–H groups in total. The maximum Gasteiger partial charge on any atom is 0.169 e. The SMILES string of the molecule is CCCC1CC(=O)C2=C(C1)N([N+](=O)[O-])C=CC2. The largest absolute Gasteiger partial charge is 0.294 e. The van der Waals surface area contributed by atoms with E-state index in [1.807, 2.05) is 0 Å². The van der Waals surface area contributed by atoms with Crippen LogP contribution in [0.3, 0.4) is 0 Å². The second-order valence-electron chi connectivity index (χ2n) is 4.58. The van der Waals surface area contributed by atoms with Gasteiger partial charge in [-0.25, -0.2) is 10.1 Å². The monoisotopic (exact) mass is 236 g/mol. The molecule has 0 fully saturated rings. The molecule has 0 radical (unpaired) electrons. The predicted molar refractivity (Wildman–Crippen MR) is 62.3 cm³/mol. The van der Waals surface area contributed by atoms with Crippen molar-refractivity contribution in [3.8, 4) is 0 Å². The van der Waals surface area contributed by atoms with Crippen molar-refractivity contribution in [1.82, 2.24) is 5.01 Å². The number of ketones is 1. The Balaban J connectivity index is 2.27. The molecule has 1 heterocycles. The topological polar surface area (TPSA) is 63.5 Å². The summed E-state index contributed by atoms with van der Waals surface area (Å²) in [6.07, 6.45) is 6.84. The van der Waals surface area contributed by atoms with Gasteiger partial charge in [0.2, 0.25) is 0 Å². The summed E-state index contributed by atoms with van der Waals surface area (Å²) in [6.45, 7) is 2.07. The van der Waals surface area contributed by atoms with Gasteiger partial charge in [0.05, 0.1) is 11.9 Å². The van der Waals surface area contributed by atoms with Gasteiger partial charge < -0.3 is 0 Å². The average Bonchev–Trinajstić information content (AvgIpc) is 2.28. The molecule has 0 bridgehead atoms. The van der Waals surface area contributed by atoms with Gasteiger partial charge in [0.1, 0.15) is 0 Å². The molecule has 1 aliphatic heterocycles. The molecule has 2 rings (SSSR count). The molecule has 0 amide bonds. The lowest BCUT2D eigenvalue weighted by Crippen LogP contribution is -2.33. The van der Waals surface area contributed by atoms with Crippen molar-refractivity contribution in [3.63, 3.8) is 0 Å². The van der Waals surface area contributed by atoms with E-state index in [-0.39, 0.29) is 11.7 Å². The number of hydrogen-bond acceptors (Lipinski definition) is 3. The Morgan fingerprint density at radius 3 is 2.94 bits per heavy atom. The Morgan fingerprint density at radius 2 is 2.29 bits per heavy atom. The highest BCUT2D eigenvalue weighted by Gasteiger charge is 2.34. The Kier molecular flexibility index (Phi) is 3.26. The summed E-state index contributed by atoms with van der Waals surface area (Å²) in [5.41, 5.74) is 1.24. The van der Waals surface area contributed by atoms with E-state index in [0.717, 1.165) is 17.9 Å². The molecule has 0 saturated heterocycles. The fourth-order valence-corrected chi connectivity index (χ4v) is 2.60. The maximum atomic E-state index is 11.9. The van der Waals surface area contributed by atoms with Crippen LogP contribution < -0.4 is 0 Å². The van der Waals surface area contributed by atoms with Crippen LogP contribution >= 0.6 is 0 Å². The van der Waals surface area contributed by atoms with Crippen LogP contribution in [0.15, 0.2) is 23.5 Å². The van der Waals surface area contributed by atoms with Crippen molar-refractivity contribution < 1.29 is 9.83 Å². The first-order valence-corrected chi connectivity index (χ1v) is 5.99. The Morgan fingerprint density at radius 1 is 1.53 bits per heavy atom. The molecule has 0 saturated carbocycles. The fraction of sp³-hybridized carbons (Fsp3) is 0.583. The van der Waals surface area contributed by atoms with Crippen LogP contribution in [0.2, 0.25) is 0 Å². The smallest absolute Gasteiger partial charge is 0.169 e. The van der Waals surface area contributed by atoms with Crippen molar-refractivity contribution >= 4 is 5.78 Å². The van der Waals surface area contributed by atoms with Crippen LogP contribution in [0.25, 0.3) is 0 Å². The molecule has 1 aliphatic carbocycles. The van der Waals surface area contributed by atoms with Crippen molar-refractivity contribution in [2.24, 2.45) is 5.92 Å². The summed E-state index contributed by atoms with van der Waals surface area (Å²) in [6, 6.07) is 0. The van der Waals surface area contributed by atoms with E-state index in [4.69, 9.17) is 0 Å². The van der Waals surface area contributed by atoms with E-state index in [2.05, 4.69) is 6.92 Å². The van der Waals surface area contributed by atoms with Gasteiger partial charge in [0.15, 0.2) is 10.8 Å². The first kappa shape index (κ1) is 11.8. The van der Waals surface area contributed by atoms with Crippen LogP contribution in [0.5, 0.6) is 0 Å². The standard InChI is InChI=1S/C12H16N2O3/c1-2-4-9-7-11-10(12(15)8-9)5-3-6-13(11)14(16)17/h3,6,9H,2,4-5,7-8H2,1H3. The van der Waals surface area contributed by atoms with Gasteiger partial charge in [-0.2, -0.15) is 0 Å². The number of hydrazine groups is 1. The second kappa shape index (κ2) is 4.69. The zero-order chi connectivity index (χ0) is 12.4. The highest BCUT2D eigenvalue weighted by molar-refractivity contribution is 5.97. The molecule has 17 heavy (non-hydrogen) atoms. The minimum atomic E-state index is -0.452. The van der Waals surface area contributed by atoms with E-state index in [0.29, 0.717) is 30.5 Å². The van der Waals surface area contributed by atoms with E-state index in [9.17, 15) is 14.9 Å². The molecule has 0 spiro atoms. The minimum Gasteiger partial charge on any atom is -0.294 e. The molecule has 1 atom stereocenters. The quantitative estimate of drug-likeness (QED) is 0.557. The first-order chi connectivity index (χ1) is 8.13. The van der Waals surface area contributed by atoms with Crippen LogP contribution in [0.4, 0.5) is 0 Å². The number of carbonyl (C=O) groups is 1. The fourth-order valence-electron chi connectivity index (χ4n) is 2.60. The van der Waals surface area contributed by atoms with Crippen molar-refractivity contribution in [2.75, 3.05) is 0 Å². The average molecular weight is 236 g/mol. The highest BCUT2D eigenvalue weighted by atomic mass is 16.7. The lowest BCUT2D eigenvalue weighted by molar-refractivity contribution is -0.629. The van der Waals surface area contributed by atoms with Gasteiger partial charge in [-0.1, -0.05) is 24.4 Å². The second-order valence-corrected chi connectivity index (χ2v) is 4.58. The number of carbonyl (C=O) groups excluding carboxylic acids is 1. The minimum absolute atomic E-state index is 0.0842. The number of allylic oxidation sites excluding steroid dienone is 3. The van der Waals surface area contributed by atoms with Crippen molar-refractivity contribution in [2.45, 2.75) is 39.0 Å². The van der Waals surface area contributed by atoms with E-state index in [1.165, 1.54) is 6.20 Å². The zero-order valence-corrected chi connectivity index (χ0v) is 9.89. The van der Waals surface area contributed by atoms with Gasteiger partial charge in [0, 0.05) is 12.0 Å². The third-order valence-electron chi connectivity index (χ3n) is 3.36. The molecule has 5 nitrogen and oxygen atoms in total. The molecule has 2 aliphatic rings. The van der Waals surface area contributed by atoms with Crippen LogP contribution in [-0.4, -0.2) is 15.8 Å². The highest BCUT2D eigenvalue weighted by Crippen LogP contribution is 2.35. The molecule has 92 valence electrons. The summed E-state index contributed by atoms with van der Waals surface area (Å²) >= 11 is 0. The van der Waals surface area contributed by atoms with Crippen molar-refractivity contribution in [1.29, 1.82) is 0 Å². The summed E-state index contributed by atoms with van der Waals surface area (Å²) in [7, 11) is 0. The number of nitro groups is 1. The lowest BCUT2D eigenvalue weighted by Gasteiger charge is -2.29. The van der Waals surface area contributed by atoms with Crippen LogP contribution in [0.1, 0.15) is 39.0 Å². The van der Waals surface area contributed by atoms with Gasteiger partial charge in [-0.15, -0.1) is 0 Å². The van der Waals surface area contributed by atoms with E-state index in [1.54, 1.807) is 6.08 Å². The summed E-state index contributed by atoms with van der Waals surface area (Å²) in [5, 5.41) is 11.5. The Bertz CT molecular complexity index is 412. The molecule has 5 heteroatoms. The third kappa shape index (κ3) is 2.23. The molecule has 0 aromatic rings. The van der Waals surface area contributed by atoms with E-state index >= 15 is 0 Å². The molecule has 1 unspecified atom stereocenters. The van der Waals surface area contributed by atoms with E-state index < -0.39 is 5.03 Å². The molecular weight excluding hydrogens is 220 g/mol. The van der Waals surface area contributed by atoms with Crippen LogP contribution in [0, 0.1) is 16.0 Å².